The van der Waals surface area contributed by atoms with Crippen molar-refractivity contribution in [3.05, 3.63) is 255 Å². The molecule has 1 nitrogen and oxygen atoms in total. The number of thiophene rings is 2. The molecule has 3 aromatic heterocycles. The Morgan fingerprint density at radius 1 is 0.343 bits per heavy atom. The number of benzene rings is 8. The number of para-hydroxylation sites is 2. The van der Waals surface area contributed by atoms with Crippen LogP contribution in [-0.4, -0.2) is 20.7 Å². The zero-order valence-corrected chi connectivity index (χ0v) is 41.6. The summed E-state index contributed by atoms with van der Waals surface area (Å²) >= 11 is 4.08. The summed E-state index contributed by atoms with van der Waals surface area (Å²) in [4.78, 5) is 5.54. The zero-order valence-electron chi connectivity index (χ0n) is 38.0. The van der Waals surface area contributed by atoms with Gasteiger partial charge in [-0.25, -0.2) is 0 Å². The fourth-order valence-corrected chi connectivity index (χ4v) is 22.4. The van der Waals surface area contributed by atoms with Gasteiger partial charge in [0.25, 0.3) is 0 Å². The molecule has 3 aliphatic rings. The molecule has 8 aromatic carbocycles. The van der Waals surface area contributed by atoms with Crippen molar-refractivity contribution in [2.75, 3.05) is 0 Å². The summed E-state index contributed by atoms with van der Waals surface area (Å²) in [6.45, 7) is 10.3. The van der Waals surface area contributed by atoms with Crippen molar-refractivity contribution in [2.24, 2.45) is 0 Å². The van der Waals surface area contributed by atoms with E-state index in [9.17, 15) is 0 Å². The van der Waals surface area contributed by atoms with Crippen LogP contribution in [0.3, 0.4) is 0 Å². The summed E-state index contributed by atoms with van der Waals surface area (Å²) in [5.41, 5.74) is 13.8. The van der Waals surface area contributed by atoms with Gasteiger partial charge in [-0.15, -0.1) is 22.7 Å². The number of hydrogen-bond acceptors (Lipinski definition) is 2. The summed E-state index contributed by atoms with van der Waals surface area (Å²) in [7, 11) is -4.31. The molecule has 0 saturated carbocycles. The maximum Gasteiger partial charge on any atom is 0.113 e. The first-order chi connectivity index (χ1) is 32.7. The minimum absolute atomic E-state index is 0.545. The molecule has 0 radical (unpaired) electrons. The predicted octanol–water partition coefficient (Wildman–Crippen LogP) is 13.6. The van der Waals surface area contributed by atoms with Gasteiger partial charge in [0.15, 0.2) is 0 Å². The quantitative estimate of drug-likeness (QED) is 0.156. The molecule has 0 bridgehead atoms. The molecule has 0 atom stereocenters. The Hall–Kier alpha value is -6.61. The molecule has 1 aliphatic carbocycles. The molecule has 67 heavy (non-hydrogen) atoms. The first-order valence-electron chi connectivity index (χ1n) is 23.6. The first-order valence-corrected chi connectivity index (χ1v) is 31.2. The number of fused-ring (bicyclic) bond motifs is 17. The fourth-order valence-electron chi connectivity index (χ4n) is 13.1. The zero-order chi connectivity index (χ0) is 44.9. The van der Waals surface area contributed by atoms with Crippen LogP contribution >= 0.6 is 22.7 Å². The van der Waals surface area contributed by atoms with E-state index < -0.39 is 27.0 Å². The lowest BCUT2D eigenvalue weighted by atomic mass is 9.55. The monoisotopic (exact) mass is 925 g/mol. The molecule has 5 heteroatoms. The second kappa shape index (κ2) is 14.0. The summed E-state index contributed by atoms with van der Waals surface area (Å²) in [6, 6.07) is 82.0. The molecule has 5 heterocycles. The van der Waals surface area contributed by atoms with E-state index in [-0.39, 0.29) is 0 Å². The standard InChI is InChI=1S/C62H47NS2Si2/c1-66(2)55-33-16-10-27-45(55)61(46-28-11-17-34-56(46)66)49-38-53(40-21-6-5-7-22-40)64-59(49)62(47-29-12-18-35-57(47)67(3,4)58-36-19-13-30-48(58)62)50-39-54(65-60(50)61)41-23-20-24-42(37-41)63-51-31-14-8-25-43(51)44-26-9-15-32-52(44)63/h5-39H,1-4H3. The van der Waals surface area contributed by atoms with E-state index in [4.69, 9.17) is 0 Å². The molecule has 0 amide bonds. The normalized spacial score (nSPS) is 16.2. The van der Waals surface area contributed by atoms with Crippen molar-refractivity contribution in [2.45, 2.75) is 37.0 Å². The number of nitrogens with zero attached hydrogens (tertiary/aromatic N) is 1. The molecule has 0 N–H and O–H groups in total. The van der Waals surface area contributed by atoms with Gasteiger partial charge in [0.1, 0.15) is 16.1 Å². The molecule has 0 saturated heterocycles. The van der Waals surface area contributed by atoms with Gasteiger partial charge in [0.05, 0.1) is 21.9 Å². The second-order valence-corrected chi connectivity index (χ2v) is 30.7. The average molecular weight is 926 g/mol. The van der Waals surface area contributed by atoms with E-state index in [0.29, 0.717) is 0 Å². The van der Waals surface area contributed by atoms with Crippen molar-refractivity contribution >= 4 is 81.4 Å². The van der Waals surface area contributed by atoms with Crippen molar-refractivity contribution in [1.82, 2.24) is 4.57 Å². The summed E-state index contributed by atoms with van der Waals surface area (Å²) in [5, 5.41) is 8.71. The first kappa shape index (κ1) is 39.6. The van der Waals surface area contributed by atoms with Crippen LogP contribution in [0.4, 0.5) is 0 Å². The fraction of sp³-hybridized carbons (Fsp3) is 0.0968. The molecular formula is C62H47NS2Si2. The average Bonchev–Trinajstić information content (AvgIpc) is 4.12. The Labute approximate surface area is 402 Å². The third kappa shape index (κ3) is 5.02. The van der Waals surface area contributed by atoms with Gasteiger partial charge in [0, 0.05) is 36.0 Å². The molecular weight excluding hydrogens is 879 g/mol. The van der Waals surface area contributed by atoms with E-state index in [0.717, 1.165) is 0 Å². The minimum atomic E-state index is -2.15. The van der Waals surface area contributed by atoms with Gasteiger partial charge in [-0.3, -0.25) is 0 Å². The highest BCUT2D eigenvalue weighted by atomic mass is 32.1. The molecule has 14 rings (SSSR count). The van der Waals surface area contributed by atoms with Crippen molar-refractivity contribution in [3.8, 4) is 26.6 Å². The van der Waals surface area contributed by atoms with Gasteiger partial charge in [-0.1, -0.05) is 202 Å². The number of rotatable bonds is 3. The Kier molecular flexibility index (Phi) is 8.25. The van der Waals surface area contributed by atoms with Crippen LogP contribution in [0.5, 0.6) is 0 Å². The van der Waals surface area contributed by atoms with E-state index in [1.165, 1.54) is 112 Å². The topological polar surface area (TPSA) is 4.93 Å². The van der Waals surface area contributed by atoms with Crippen molar-refractivity contribution in [3.63, 3.8) is 0 Å². The molecule has 2 aliphatic heterocycles. The van der Waals surface area contributed by atoms with Gasteiger partial charge in [-0.2, -0.15) is 0 Å². The summed E-state index contributed by atoms with van der Waals surface area (Å²) < 4.78 is 2.47. The van der Waals surface area contributed by atoms with Gasteiger partial charge in [-0.05, 0) is 102 Å². The Bertz CT molecular complexity index is 3540. The van der Waals surface area contributed by atoms with Gasteiger partial charge < -0.3 is 4.57 Å². The lowest BCUT2D eigenvalue weighted by Crippen LogP contribution is -2.66. The Morgan fingerprint density at radius 2 is 0.716 bits per heavy atom. The lowest BCUT2D eigenvalue weighted by Gasteiger charge is -2.54. The smallest absolute Gasteiger partial charge is 0.113 e. The summed E-state index contributed by atoms with van der Waals surface area (Å²) in [5.74, 6) is 0. The third-order valence-electron chi connectivity index (χ3n) is 16.0. The van der Waals surface area contributed by atoms with Crippen LogP contribution in [0.2, 0.25) is 26.2 Å². The summed E-state index contributed by atoms with van der Waals surface area (Å²) in [6.07, 6.45) is 0. The van der Waals surface area contributed by atoms with Crippen molar-refractivity contribution < 1.29 is 0 Å². The maximum absolute atomic E-state index is 2.66. The Morgan fingerprint density at radius 3 is 1.18 bits per heavy atom. The number of hydrogen-bond donors (Lipinski definition) is 0. The molecule has 0 fully saturated rings. The van der Waals surface area contributed by atoms with Crippen LogP contribution in [0.1, 0.15) is 43.1 Å². The highest BCUT2D eigenvalue weighted by Crippen LogP contribution is 2.66. The second-order valence-electron chi connectivity index (χ2n) is 19.9. The molecule has 0 unspecified atom stereocenters. The molecule has 2 spiro atoms. The SMILES string of the molecule is C[Si]1(C)c2ccccc2C2(c3ccccc31)c1cc(-c3cccc(-n4c5ccccc5c5ccccc54)c3)sc1C1(c3ccccc3[Si](C)(C)c3ccccc31)c1cc(-c3ccccc3)sc12. The maximum atomic E-state index is 2.66. The van der Waals surface area contributed by atoms with Gasteiger partial charge in [0.2, 0.25) is 0 Å². The van der Waals surface area contributed by atoms with E-state index in [2.05, 4.69) is 243 Å². The molecule has 320 valence electrons. The minimum Gasteiger partial charge on any atom is -0.309 e. The van der Waals surface area contributed by atoms with Crippen LogP contribution in [0, 0.1) is 0 Å². The predicted molar refractivity (Wildman–Crippen MR) is 291 cm³/mol. The number of aromatic nitrogens is 1. The van der Waals surface area contributed by atoms with Crippen LogP contribution in [0.25, 0.3) is 48.4 Å². The van der Waals surface area contributed by atoms with Crippen LogP contribution < -0.4 is 20.7 Å². The highest BCUT2D eigenvalue weighted by molar-refractivity contribution is 7.17. The molecule has 11 aromatic rings. The van der Waals surface area contributed by atoms with Crippen molar-refractivity contribution in [1.29, 1.82) is 0 Å². The lowest BCUT2D eigenvalue weighted by molar-refractivity contribution is 0.647. The van der Waals surface area contributed by atoms with E-state index in [1.54, 1.807) is 0 Å². The highest BCUT2D eigenvalue weighted by Gasteiger charge is 2.62. The van der Waals surface area contributed by atoms with Crippen LogP contribution in [-0.2, 0) is 10.8 Å². The van der Waals surface area contributed by atoms with E-state index >= 15 is 0 Å². The van der Waals surface area contributed by atoms with Gasteiger partial charge >= 0.3 is 0 Å². The largest absolute Gasteiger partial charge is 0.309 e. The Balaban J connectivity index is 1.15. The third-order valence-corrected chi connectivity index (χ3v) is 25.7. The van der Waals surface area contributed by atoms with E-state index in [1.807, 2.05) is 22.7 Å². The van der Waals surface area contributed by atoms with Crippen LogP contribution in [0.15, 0.2) is 212 Å².